The van der Waals surface area contributed by atoms with Crippen molar-refractivity contribution in [2.75, 3.05) is 5.73 Å². The summed E-state index contributed by atoms with van der Waals surface area (Å²) in [6, 6.07) is 15.4. The highest BCUT2D eigenvalue weighted by atomic mass is 16.2. The van der Waals surface area contributed by atoms with Crippen LogP contribution < -0.4 is 11.1 Å². The molecule has 0 radical (unpaired) electrons. The van der Waals surface area contributed by atoms with Crippen LogP contribution in [0.25, 0.3) is 10.9 Å². The van der Waals surface area contributed by atoms with Gasteiger partial charge in [0.2, 0.25) is 5.91 Å². The minimum Gasteiger partial charge on any atom is -0.399 e. The second kappa shape index (κ2) is 5.89. The number of aromatic nitrogens is 2. The smallest absolute Gasteiger partial charge is 0.242 e. The molecule has 0 aliphatic carbocycles. The molecule has 1 heterocycles. The van der Waals surface area contributed by atoms with E-state index in [9.17, 15) is 4.79 Å². The summed E-state index contributed by atoms with van der Waals surface area (Å²) in [5, 5.41) is 8.21. The van der Waals surface area contributed by atoms with Gasteiger partial charge in [-0.1, -0.05) is 30.3 Å². The summed E-state index contributed by atoms with van der Waals surface area (Å²) in [7, 11) is 0. The number of nitrogens with zero attached hydrogens (tertiary/aromatic N) is 2. The Bertz CT molecular complexity index is 795. The number of hydrogen-bond acceptors (Lipinski definition) is 3. The molecule has 112 valence electrons. The SMILES string of the molecule is CC(NC(=O)Cn1ncc2ccc(N)cc21)c1ccccc1. The van der Waals surface area contributed by atoms with Crippen LogP contribution in [0.4, 0.5) is 5.69 Å². The number of fused-ring (bicyclic) bond motifs is 1. The molecule has 0 saturated carbocycles. The molecule has 0 aliphatic heterocycles. The number of nitrogens with two attached hydrogens (primary N) is 1. The van der Waals surface area contributed by atoms with Crippen LogP contribution in [0.2, 0.25) is 0 Å². The average Bonchev–Trinajstić information content (AvgIpc) is 2.90. The van der Waals surface area contributed by atoms with Crippen LogP contribution in [0, 0.1) is 0 Å². The molecular formula is C17H18N4O. The minimum atomic E-state index is -0.0798. The van der Waals surface area contributed by atoms with Crippen molar-refractivity contribution in [2.24, 2.45) is 0 Å². The van der Waals surface area contributed by atoms with E-state index in [2.05, 4.69) is 10.4 Å². The number of carbonyl (C=O) groups is 1. The van der Waals surface area contributed by atoms with E-state index in [1.54, 1.807) is 10.9 Å². The highest BCUT2D eigenvalue weighted by Crippen LogP contribution is 2.17. The Hall–Kier alpha value is -2.82. The fourth-order valence-electron chi connectivity index (χ4n) is 2.46. The third-order valence-corrected chi connectivity index (χ3v) is 3.64. The zero-order valence-electron chi connectivity index (χ0n) is 12.4. The molecule has 5 nitrogen and oxygen atoms in total. The summed E-state index contributed by atoms with van der Waals surface area (Å²) in [5.41, 5.74) is 8.40. The van der Waals surface area contributed by atoms with E-state index in [0.717, 1.165) is 16.5 Å². The first-order valence-electron chi connectivity index (χ1n) is 7.19. The summed E-state index contributed by atoms with van der Waals surface area (Å²) < 4.78 is 1.67. The molecule has 0 bridgehead atoms. The van der Waals surface area contributed by atoms with Crippen molar-refractivity contribution in [3.63, 3.8) is 0 Å². The van der Waals surface area contributed by atoms with E-state index in [1.165, 1.54) is 0 Å². The molecule has 5 heteroatoms. The number of anilines is 1. The van der Waals surface area contributed by atoms with Crippen molar-refractivity contribution in [1.29, 1.82) is 0 Å². The Kier molecular flexibility index (Phi) is 3.78. The van der Waals surface area contributed by atoms with Gasteiger partial charge in [-0.15, -0.1) is 0 Å². The van der Waals surface area contributed by atoms with Gasteiger partial charge in [0.15, 0.2) is 0 Å². The van der Waals surface area contributed by atoms with Gasteiger partial charge in [0.1, 0.15) is 6.54 Å². The average molecular weight is 294 g/mol. The van der Waals surface area contributed by atoms with Crippen molar-refractivity contribution in [3.05, 3.63) is 60.3 Å². The molecule has 3 N–H and O–H groups in total. The standard InChI is InChI=1S/C17H18N4O/c1-12(13-5-3-2-4-6-13)20-17(22)11-21-16-9-15(18)8-7-14(16)10-19-21/h2-10,12H,11,18H2,1H3,(H,20,22). The number of carbonyl (C=O) groups excluding carboxylic acids is 1. The van der Waals surface area contributed by atoms with E-state index >= 15 is 0 Å². The van der Waals surface area contributed by atoms with E-state index < -0.39 is 0 Å². The molecule has 0 saturated heterocycles. The molecule has 1 amide bonds. The van der Waals surface area contributed by atoms with Crippen LogP contribution in [0.5, 0.6) is 0 Å². The molecule has 3 aromatic rings. The number of benzene rings is 2. The minimum absolute atomic E-state index is 0.0411. The Labute approximate surface area is 128 Å². The maximum absolute atomic E-state index is 12.2. The van der Waals surface area contributed by atoms with Crippen molar-refractivity contribution in [1.82, 2.24) is 15.1 Å². The predicted octanol–water partition coefficient (Wildman–Crippen LogP) is 2.50. The topological polar surface area (TPSA) is 72.9 Å². The molecule has 22 heavy (non-hydrogen) atoms. The third-order valence-electron chi connectivity index (χ3n) is 3.64. The second-order valence-corrected chi connectivity index (χ2v) is 5.32. The third kappa shape index (κ3) is 2.93. The summed E-state index contributed by atoms with van der Waals surface area (Å²) in [5.74, 6) is -0.0798. The molecule has 3 rings (SSSR count). The molecule has 1 unspecified atom stereocenters. The van der Waals surface area contributed by atoms with Crippen molar-refractivity contribution in [2.45, 2.75) is 19.5 Å². The lowest BCUT2D eigenvalue weighted by molar-refractivity contribution is -0.122. The van der Waals surface area contributed by atoms with Gasteiger partial charge < -0.3 is 11.1 Å². The zero-order chi connectivity index (χ0) is 15.5. The Balaban J connectivity index is 1.72. The number of hydrogen-bond donors (Lipinski definition) is 2. The van der Waals surface area contributed by atoms with Gasteiger partial charge in [0.25, 0.3) is 0 Å². The Morgan fingerprint density at radius 1 is 1.27 bits per heavy atom. The van der Waals surface area contributed by atoms with Crippen molar-refractivity contribution >= 4 is 22.5 Å². The molecule has 1 aromatic heterocycles. The normalized spacial score (nSPS) is 12.2. The highest BCUT2D eigenvalue weighted by Gasteiger charge is 2.11. The number of amides is 1. The quantitative estimate of drug-likeness (QED) is 0.726. The van der Waals surface area contributed by atoms with Gasteiger partial charge in [-0.25, -0.2) is 0 Å². The predicted molar refractivity (Wildman–Crippen MR) is 87.1 cm³/mol. The molecule has 0 spiro atoms. The van der Waals surface area contributed by atoms with Gasteiger partial charge >= 0.3 is 0 Å². The number of rotatable bonds is 4. The van der Waals surface area contributed by atoms with Gasteiger partial charge in [0.05, 0.1) is 17.8 Å². The van der Waals surface area contributed by atoms with Gasteiger partial charge in [-0.3, -0.25) is 9.48 Å². The van der Waals surface area contributed by atoms with Crippen LogP contribution >= 0.6 is 0 Å². The van der Waals surface area contributed by atoms with Crippen LogP contribution in [0.3, 0.4) is 0 Å². The zero-order valence-corrected chi connectivity index (χ0v) is 12.4. The molecule has 2 aromatic carbocycles. The maximum atomic E-state index is 12.2. The lowest BCUT2D eigenvalue weighted by Crippen LogP contribution is -2.30. The van der Waals surface area contributed by atoms with Crippen molar-refractivity contribution in [3.8, 4) is 0 Å². The van der Waals surface area contributed by atoms with Gasteiger partial charge in [-0.05, 0) is 30.7 Å². The van der Waals surface area contributed by atoms with Crippen LogP contribution in [0.1, 0.15) is 18.5 Å². The Morgan fingerprint density at radius 2 is 2.05 bits per heavy atom. The van der Waals surface area contributed by atoms with Crippen LogP contribution in [0.15, 0.2) is 54.7 Å². The second-order valence-electron chi connectivity index (χ2n) is 5.32. The lowest BCUT2D eigenvalue weighted by Gasteiger charge is -2.14. The fourth-order valence-corrected chi connectivity index (χ4v) is 2.46. The number of nitrogen functional groups attached to an aromatic ring is 1. The van der Waals surface area contributed by atoms with E-state index in [1.807, 2.05) is 55.5 Å². The fraction of sp³-hybridized carbons (Fsp3) is 0.176. The summed E-state index contributed by atoms with van der Waals surface area (Å²) in [6.07, 6.45) is 1.74. The number of nitrogens with one attached hydrogen (secondary N) is 1. The first kappa shape index (κ1) is 14.1. The van der Waals surface area contributed by atoms with Crippen LogP contribution in [-0.2, 0) is 11.3 Å². The van der Waals surface area contributed by atoms with E-state index in [-0.39, 0.29) is 18.5 Å². The molecular weight excluding hydrogens is 276 g/mol. The first-order chi connectivity index (χ1) is 10.6. The summed E-state index contributed by atoms with van der Waals surface area (Å²) in [6.45, 7) is 2.14. The highest BCUT2D eigenvalue weighted by molar-refractivity contribution is 5.84. The largest absolute Gasteiger partial charge is 0.399 e. The molecule has 0 fully saturated rings. The molecule has 0 aliphatic rings. The van der Waals surface area contributed by atoms with Gasteiger partial charge in [0, 0.05) is 11.1 Å². The summed E-state index contributed by atoms with van der Waals surface area (Å²) in [4.78, 5) is 12.2. The van der Waals surface area contributed by atoms with E-state index in [4.69, 9.17) is 5.73 Å². The summed E-state index contributed by atoms with van der Waals surface area (Å²) >= 11 is 0. The van der Waals surface area contributed by atoms with Crippen molar-refractivity contribution < 1.29 is 4.79 Å². The Morgan fingerprint density at radius 3 is 2.82 bits per heavy atom. The van der Waals surface area contributed by atoms with Gasteiger partial charge in [-0.2, -0.15) is 5.10 Å². The van der Waals surface area contributed by atoms with E-state index in [0.29, 0.717) is 5.69 Å². The first-order valence-corrected chi connectivity index (χ1v) is 7.19. The molecule has 1 atom stereocenters. The van der Waals surface area contributed by atoms with Crippen LogP contribution in [-0.4, -0.2) is 15.7 Å². The lowest BCUT2D eigenvalue weighted by atomic mass is 10.1. The monoisotopic (exact) mass is 294 g/mol. The maximum Gasteiger partial charge on any atom is 0.242 e.